The molecule has 90 valence electrons. The van der Waals surface area contributed by atoms with E-state index in [9.17, 15) is 0 Å². The first-order valence-corrected chi connectivity index (χ1v) is 6.82. The largest absolute Gasteiger partial charge is 0.313 e. The Morgan fingerprint density at radius 3 is 2.40 bits per heavy atom. The van der Waals surface area contributed by atoms with E-state index in [-0.39, 0.29) is 0 Å². The van der Waals surface area contributed by atoms with E-state index in [1.54, 1.807) is 0 Å². The monoisotopic (exact) mass is 211 g/mol. The third-order valence-corrected chi connectivity index (χ3v) is 4.23. The average molecular weight is 211 g/mol. The van der Waals surface area contributed by atoms with Crippen molar-refractivity contribution in [1.82, 2.24) is 5.32 Å². The molecular weight excluding hydrogens is 182 g/mol. The highest BCUT2D eigenvalue weighted by molar-refractivity contribution is 4.82. The molecule has 0 aromatic heterocycles. The van der Waals surface area contributed by atoms with Gasteiger partial charge in [-0.3, -0.25) is 0 Å². The molecule has 1 aliphatic rings. The molecule has 0 bridgehead atoms. The van der Waals surface area contributed by atoms with Crippen LogP contribution in [0.5, 0.6) is 0 Å². The second kappa shape index (κ2) is 5.89. The molecule has 1 fully saturated rings. The van der Waals surface area contributed by atoms with Gasteiger partial charge in [-0.1, -0.05) is 47.0 Å². The van der Waals surface area contributed by atoms with Crippen molar-refractivity contribution in [2.45, 2.75) is 72.3 Å². The Bertz CT molecular complexity index is 174. The van der Waals surface area contributed by atoms with Crippen molar-refractivity contribution in [2.75, 3.05) is 6.54 Å². The van der Waals surface area contributed by atoms with E-state index in [0.717, 1.165) is 12.0 Å². The normalized spacial score (nSPS) is 28.0. The Morgan fingerprint density at radius 2 is 1.80 bits per heavy atom. The lowest BCUT2D eigenvalue weighted by Gasteiger charge is -2.34. The first-order chi connectivity index (χ1) is 7.09. The van der Waals surface area contributed by atoms with Gasteiger partial charge in [0.05, 0.1) is 0 Å². The Kier molecular flexibility index (Phi) is 5.11. The summed E-state index contributed by atoms with van der Waals surface area (Å²) in [6.45, 7) is 10.5. The van der Waals surface area contributed by atoms with E-state index in [1.807, 2.05) is 0 Å². The van der Waals surface area contributed by atoms with Crippen molar-refractivity contribution in [1.29, 1.82) is 0 Å². The molecule has 0 heterocycles. The summed E-state index contributed by atoms with van der Waals surface area (Å²) in [5, 5.41) is 3.81. The zero-order chi connectivity index (χ0) is 11.3. The predicted molar refractivity (Wildman–Crippen MR) is 68.1 cm³/mol. The van der Waals surface area contributed by atoms with Gasteiger partial charge < -0.3 is 5.32 Å². The summed E-state index contributed by atoms with van der Waals surface area (Å²) in [7, 11) is 0. The molecule has 0 amide bonds. The first kappa shape index (κ1) is 13.0. The topological polar surface area (TPSA) is 12.0 Å². The third kappa shape index (κ3) is 4.14. The second-order valence-electron chi connectivity index (χ2n) is 5.96. The highest BCUT2D eigenvalue weighted by Crippen LogP contribution is 2.28. The summed E-state index contributed by atoms with van der Waals surface area (Å²) >= 11 is 0. The van der Waals surface area contributed by atoms with Gasteiger partial charge in [-0.2, -0.15) is 0 Å². The van der Waals surface area contributed by atoms with Crippen molar-refractivity contribution in [3.63, 3.8) is 0 Å². The minimum absolute atomic E-state index is 0.468. The summed E-state index contributed by atoms with van der Waals surface area (Å²) < 4.78 is 0. The van der Waals surface area contributed by atoms with Crippen LogP contribution in [0.25, 0.3) is 0 Å². The molecule has 0 aliphatic heterocycles. The second-order valence-corrected chi connectivity index (χ2v) is 5.96. The Morgan fingerprint density at radius 1 is 1.13 bits per heavy atom. The highest BCUT2D eigenvalue weighted by Gasteiger charge is 2.25. The van der Waals surface area contributed by atoms with Gasteiger partial charge >= 0.3 is 0 Å². The molecule has 0 saturated heterocycles. The maximum absolute atomic E-state index is 3.81. The van der Waals surface area contributed by atoms with Crippen molar-refractivity contribution >= 4 is 0 Å². The molecule has 0 spiro atoms. The van der Waals surface area contributed by atoms with E-state index >= 15 is 0 Å². The van der Waals surface area contributed by atoms with Gasteiger partial charge in [-0.05, 0) is 30.6 Å². The van der Waals surface area contributed by atoms with Crippen LogP contribution in [0.15, 0.2) is 0 Å². The molecule has 2 unspecified atom stereocenters. The summed E-state index contributed by atoms with van der Waals surface area (Å²) in [5.41, 5.74) is 0.468. The minimum Gasteiger partial charge on any atom is -0.313 e. The minimum atomic E-state index is 0.468. The molecule has 0 radical (unpaired) electrons. The average Bonchev–Trinajstić information content (AvgIpc) is 2.27. The fourth-order valence-corrected chi connectivity index (χ4v) is 2.50. The van der Waals surface area contributed by atoms with E-state index in [2.05, 4.69) is 33.0 Å². The fourth-order valence-electron chi connectivity index (χ4n) is 2.50. The van der Waals surface area contributed by atoms with Crippen LogP contribution < -0.4 is 5.32 Å². The number of nitrogens with one attached hydrogen (secondary N) is 1. The summed E-state index contributed by atoms with van der Waals surface area (Å²) in [4.78, 5) is 0. The van der Waals surface area contributed by atoms with Gasteiger partial charge in [0.25, 0.3) is 0 Å². The van der Waals surface area contributed by atoms with Crippen LogP contribution in [0, 0.1) is 11.3 Å². The van der Waals surface area contributed by atoms with Gasteiger partial charge in [0.15, 0.2) is 0 Å². The van der Waals surface area contributed by atoms with Gasteiger partial charge in [-0.15, -0.1) is 0 Å². The zero-order valence-electron chi connectivity index (χ0n) is 11.1. The number of hydrogen-bond acceptors (Lipinski definition) is 1. The highest BCUT2D eigenvalue weighted by atomic mass is 14.9. The van der Waals surface area contributed by atoms with Crippen LogP contribution in [-0.4, -0.2) is 12.6 Å². The molecule has 0 aromatic carbocycles. The SMILES string of the molecule is CCC1CCCCC1NCC(C)(C)CC. The van der Waals surface area contributed by atoms with E-state index < -0.39 is 0 Å². The van der Waals surface area contributed by atoms with Crippen molar-refractivity contribution in [3.8, 4) is 0 Å². The lowest BCUT2D eigenvalue weighted by atomic mass is 9.81. The van der Waals surface area contributed by atoms with Crippen molar-refractivity contribution in [3.05, 3.63) is 0 Å². The van der Waals surface area contributed by atoms with Crippen molar-refractivity contribution < 1.29 is 0 Å². The number of rotatable bonds is 5. The van der Waals surface area contributed by atoms with Crippen LogP contribution in [-0.2, 0) is 0 Å². The van der Waals surface area contributed by atoms with Crippen LogP contribution >= 0.6 is 0 Å². The van der Waals surface area contributed by atoms with Crippen LogP contribution in [0.3, 0.4) is 0 Å². The smallest absolute Gasteiger partial charge is 0.00954 e. The van der Waals surface area contributed by atoms with E-state index in [4.69, 9.17) is 0 Å². The van der Waals surface area contributed by atoms with Crippen LogP contribution in [0.4, 0.5) is 0 Å². The molecular formula is C14H29N. The molecule has 2 atom stereocenters. The molecule has 15 heavy (non-hydrogen) atoms. The Labute approximate surface area is 96.0 Å². The first-order valence-electron chi connectivity index (χ1n) is 6.82. The lowest BCUT2D eigenvalue weighted by molar-refractivity contribution is 0.221. The fraction of sp³-hybridized carbons (Fsp3) is 1.00. The van der Waals surface area contributed by atoms with E-state index in [0.29, 0.717) is 5.41 Å². The van der Waals surface area contributed by atoms with Gasteiger partial charge in [-0.25, -0.2) is 0 Å². The molecule has 1 heteroatoms. The lowest BCUT2D eigenvalue weighted by Crippen LogP contribution is -2.42. The summed E-state index contributed by atoms with van der Waals surface area (Å²) in [6.07, 6.45) is 8.35. The molecule has 1 saturated carbocycles. The predicted octanol–water partition coefficient (Wildman–Crippen LogP) is 3.98. The summed E-state index contributed by atoms with van der Waals surface area (Å²) in [6, 6.07) is 0.801. The van der Waals surface area contributed by atoms with Gasteiger partial charge in [0.1, 0.15) is 0 Å². The quantitative estimate of drug-likeness (QED) is 0.725. The molecule has 0 aromatic rings. The standard InChI is InChI=1S/C14H29N/c1-5-12-9-7-8-10-13(12)15-11-14(3,4)6-2/h12-13,15H,5-11H2,1-4H3. The van der Waals surface area contributed by atoms with E-state index in [1.165, 1.54) is 45.1 Å². The van der Waals surface area contributed by atoms with Crippen LogP contribution in [0.2, 0.25) is 0 Å². The van der Waals surface area contributed by atoms with Gasteiger partial charge in [0.2, 0.25) is 0 Å². The Balaban J connectivity index is 2.35. The van der Waals surface area contributed by atoms with Gasteiger partial charge in [0, 0.05) is 12.6 Å². The molecule has 1 aliphatic carbocycles. The number of hydrogen-bond donors (Lipinski definition) is 1. The van der Waals surface area contributed by atoms with Crippen molar-refractivity contribution in [2.24, 2.45) is 11.3 Å². The summed E-state index contributed by atoms with van der Waals surface area (Å²) in [5.74, 6) is 0.936. The van der Waals surface area contributed by atoms with Crippen LogP contribution in [0.1, 0.15) is 66.2 Å². The maximum Gasteiger partial charge on any atom is 0.00954 e. The maximum atomic E-state index is 3.81. The molecule has 1 rings (SSSR count). The Hall–Kier alpha value is -0.0400. The molecule has 1 nitrogen and oxygen atoms in total. The third-order valence-electron chi connectivity index (χ3n) is 4.23. The zero-order valence-corrected chi connectivity index (χ0v) is 11.1. The molecule has 1 N–H and O–H groups in total.